The number of carbonyl (C=O) groups excluding carboxylic acids is 3. The van der Waals surface area contributed by atoms with Crippen LogP contribution in [0.5, 0.6) is 0 Å². The topological polar surface area (TPSA) is 78.9 Å². The Morgan fingerprint density at radius 2 is 1.39 bits per heavy atom. The van der Waals surface area contributed by atoms with Gasteiger partial charge in [-0.1, -0.05) is 59.3 Å². The van der Waals surface area contributed by atoms with E-state index in [9.17, 15) is 14.4 Å². The van der Waals surface area contributed by atoms with E-state index in [0.717, 1.165) is 57.7 Å². The molecule has 7 heteroatoms. The molecule has 2 atom stereocenters. The Kier molecular flexibility index (Phi) is 14.4. The van der Waals surface area contributed by atoms with Gasteiger partial charge in [0.25, 0.3) is 0 Å². The Morgan fingerprint density at radius 1 is 0.879 bits per heavy atom. The summed E-state index contributed by atoms with van der Waals surface area (Å²) < 4.78 is 16.9. The molecule has 0 bridgehead atoms. The van der Waals surface area contributed by atoms with Gasteiger partial charge in [-0.15, -0.1) is 0 Å². The SMILES string of the molecule is COC(=O)[C@H](CC=O)[C@@H](CCCCCCCCCOC(=O)C(C)(C)C)O[Si](C)(C)C(C)(C)C. The molecule has 0 saturated carbocycles. The first-order chi connectivity index (χ1) is 15.2. The number of rotatable bonds is 16. The summed E-state index contributed by atoms with van der Waals surface area (Å²) in [6.07, 6.45) is 8.72. The largest absolute Gasteiger partial charge is 0.469 e. The summed E-state index contributed by atoms with van der Waals surface area (Å²) in [4.78, 5) is 35.3. The quantitative estimate of drug-likeness (QED) is 0.108. The van der Waals surface area contributed by atoms with Crippen molar-refractivity contribution in [3.05, 3.63) is 0 Å². The Morgan fingerprint density at radius 3 is 1.85 bits per heavy atom. The van der Waals surface area contributed by atoms with Crippen molar-refractivity contribution in [2.24, 2.45) is 11.3 Å². The summed E-state index contributed by atoms with van der Waals surface area (Å²) in [5.41, 5.74) is -0.440. The van der Waals surface area contributed by atoms with Gasteiger partial charge in [-0.3, -0.25) is 9.59 Å². The summed E-state index contributed by atoms with van der Waals surface area (Å²) >= 11 is 0. The van der Waals surface area contributed by atoms with E-state index in [0.29, 0.717) is 6.61 Å². The van der Waals surface area contributed by atoms with Gasteiger partial charge in [0.1, 0.15) is 6.29 Å². The monoisotopic (exact) mass is 486 g/mol. The molecule has 0 amide bonds. The van der Waals surface area contributed by atoms with E-state index in [-0.39, 0.29) is 29.5 Å². The molecule has 33 heavy (non-hydrogen) atoms. The first-order valence-corrected chi connectivity index (χ1v) is 15.4. The van der Waals surface area contributed by atoms with Crippen LogP contribution in [0.4, 0.5) is 0 Å². The van der Waals surface area contributed by atoms with Crippen LogP contribution < -0.4 is 0 Å². The third-order valence-electron chi connectivity index (χ3n) is 6.53. The number of ether oxygens (including phenoxy) is 2. The molecule has 0 aromatic rings. The number of unbranched alkanes of at least 4 members (excludes halogenated alkanes) is 6. The van der Waals surface area contributed by atoms with E-state index >= 15 is 0 Å². The summed E-state index contributed by atoms with van der Waals surface area (Å²) in [5, 5.41) is 0.0221. The standard InChI is InChI=1S/C26H50O6Si/c1-25(2,3)24(29)31-20-16-14-12-10-11-13-15-17-22(21(18-19-27)23(28)30-7)32-33(8,9)26(4,5)6/h19,21-22H,10-18,20H2,1-9H3/t21-,22-/m1/s1. The summed E-state index contributed by atoms with van der Waals surface area (Å²) in [6, 6.07) is 0. The van der Waals surface area contributed by atoms with E-state index in [1.54, 1.807) is 0 Å². The van der Waals surface area contributed by atoms with Gasteiger partial charge in [0.2, 0.25) is 0 Å². The molecule has 0 heterocycles. The van der Waals surface area contributed by atoms with Crippen molar-refractivity contribution in [1.82, 2.24) is 0 Å². The molecule has 0 aromatic carbocycles. The highest BCUT2D eigenvalue weighted by Gasteiger charge is 2.42. The first-order valence-electron chi connectivity index (χ1n) is 12.5. The highest BCUT2D eigenvalue weighted by atomic mass is 28.4. The normalized spacial score (nSPS) is 14.5. The van der Waals surface area contributed by atoms with Crippen molar-refractivity contribution in [1.29, 1.82) is 0 Å². The summed E-state index contributed by atoms with van der Waals surface area (Å²) in [6.45, 7) is 17.0. The van der Waals surface area contributed by atoms with Crippen LogP contribution in [0.25, 0.3) is 0 Å². The molecule has 0 rings (SSSR count). The zero-order chi connectivity index (χ0) is 25.7. The zero-order valence-corrected chi connectivity index (χ0v) is 23.8. The molecule has 6 nitrogen and oxygen atoms in total. The number of methoxy groups -OCH3 is 1. The summed E-state index contributed by atoms with van der Waals surface area (Å²) in [5.74, 6) is -1.05. The Bertz CT molecular complexity index is 589. The third kappa shape index (κ3) is 12.7. The molecule has 0 fully saturated rings. The van der Waals surface area contributed by atoms with Crippen LogP contribution in [0, 0.1) is 11.3 Å². The van der Waals surface area contributed by atoms with Crippen LogP contribution in [0.3, 0.4) is 0 Å². The van der Waals surface area contributed by atoms with E-state index in [1.165, 1.54) is 7.11 Å². The van der Waals surface area contributed by atoms with Crippen molar-refractivity contribution in [2.45, 2.75) is 124 Å². The van der Waals surface area contributed by atoms with Crippen molar-refractivity contribution >= 4 is 26.5 Å². The number of esters is 2. The van der Waals surface area contributed by atoms with Gasteiger partial charge in [0.15, 0.2) is 8.32 Å². The lowest BCUT2D eigenvalue weighted by molar-refractivity contribution is -0.153. The van der Waals surface area contributed by atoms with Crippen LogP contribution in [0.15, 0.2) is 0 Å². The zero-order valence-electron chi connectivity index (χ0n) is 22.8. The lowest BCUT2D eigenvalue weighted by Crippen LogP contribution is -2.47. The molecule has 0 spiro atoms. The number of carbonyl (C=O) groups is 3. The minimum absolute atomic E-state index is 0.0221. The van der Waals surface area contributed by atoms with Crippen molar-refractivity contribution in [3.63, 3.8) is 0 Å². The molecule has 0 aromatic heterocycles. The molecule has 0 aliphatic carbocycles. The van der Waals surface area contributed by atoms with E-state index in [1.807, 2.05) is 20.8 Å². The molecular weight excluding hydrogens is 436 g/mol. The molecule has 194 valence electrons. The molecule has 0 saturated heterocycles. The minimum atomic E-state index is -2.09. The molecular formula is C26H50O6Si. The minimum Gasteiger partial charge on any atom is -0.469 e. The summed E-state index contributed by atoms with van der Waals surface area (Å²) in [7, 11) is -0.723. The Hall–Kier alpha value is -1.21. The van der Waals surface area contributed by atoms with Crippen LogP contribution in [-0.4, -0.2) is 46.4 Å². The van der Waals surface area contributed by atoms with Crippen molar-refractivity contribution < 1.29 is 28.3 Å². The second-order valence-corrected chi connectivity index (χ2v) is 16.4. The maximum absolute atomic E-state index is 12.4. The van der Waals surface area contributed by atoms with Gasteiger partial charge in [-0.05, 0) is 51.7 Å². The van der Waals surface area contributed by atoms with Gasteiger partial charge in [-0.2, -0.15) is 0 Å². The number of hydrogen-bond donors (Lipinski definition) is 0. The third-order valence-corrected chi connectivity index (χ3v) is 11.0. The second-order valence-electron chi connectivity index (χ2n) is 11.6. The van der Waals surface area contributed by atoms with Gasteiger partial charge in [0, 0.05) is 6.42 Å². The number of aldehydes is 1. The van der Waals surface area contributed by atoms with Gasteiger partial charge in [0.05, 0.1) is 31.2 Å². The fraction of sp³-hybridized carbons (Fsp3) is 0.885. The van der Waals surface area contributed by atoms with E-state index in [2.05, 4.69) is 33.9 Å². The maximum Gasteiger partial charge on any atom is 0.311 e. The van der Waals surface area contributed by atoms with Gasteiger partial charge < -0.3 is 18.7 Å². The fourth-order valence-electron chi connectivity index (χ4n) is 3.27. The lowest BCUT2D eigenvalue weighted by Gasteiger charge is -2.41. The highest BCUT2D eigenvalue weighted by molar-refractivity contribution is 6.74. The molecule has 0 radical (unpaired) electrons. The molecule has 0 unspecified atom stereocenters. The predicted molar refractivity (Wildman–Crippen MR) is 136 cm³/mol. The Labute approximate surface area is 203 Å². The fourth-order valence-corrected chi connectivity index (χ4v) is 4.66. The van der Waals surface area contributed by atoms with E-state index in [4.69, 9.17) is 13.9 Å². The average molecular weight is 487 g/mol. The molecule has 0 N–H and O–H groups in total. The maximum atomic E-state index is 12.4. The second kappa shape index (κ2) is 14.9. The predicted octanol–water partition coefficient (Wildman–Crippen LogP) is 6.47. The van der Waals surface area contributed by atoms with Gasteiger partial charge >= 0.3 is 11.9 Å². The molecule has 0 aliphatic rings. The lowest BCUT2D eigenvalue weighted by atomic mass is 9.94. The van der Waals surface area contributed by atoms with Gasteiger partial charge in [-0.25, -0.2) is 0 Å². The van der Waals surface area contributed by atoms with Crippen LogP contribution in [0.1, 0.15) is 99.3 Å². The molecule has 0 aliphatic heterocycles. The number of hydrogen-bond acceptors (Lipinski definition) is 6. The van der Waals surface area contributed by atoms with Crippen molar-refractivity contribution in [2.75, 3.05) is 13.7 Å². The van der Waals surface area contributed by atoms with Crippen LogP contribution in [-0.2, 0) is 28.3 Å². The van der Waals surface area contributed by atoms with Crippen LogP contribution in [0.2, 0.25) is 18.1 Å². The first kappa shape index (κ1) is 31.8. The highest BCUT2D eigenvalue weighted by Crippen LogP contribution is 2.39. The smallest absolute Gasteiger partial charge is 0.311 e. The average Bonchev–Trinajstić information content (AvgIpc) is 2.70. The van der Waals surface area contributed by atoms with E-state index < -0.39 is 19.7 Å². The van der Waals surface area contributed by atoms with Crippen LogP contribution >= 0.6 is 0 Å². The van der Waals surface area contributed by atoms with Crippen molar-refractivity contribution in [3.8, 4) is 0 Å². The Balaban J connectivity index is 4.50.